The lowest BCUT2D eigenvalue weighted by Crippen LogP contribution is -2.22. The van der Waals surface area contributed by atoms with Crippen molar-refractivity contribution in [2.45, 2.75) is 33.6 Å². The van der Waals surface area contributed by atoms with Crippen LogP contribution in [0.15, 0.2) is 65.1 Å². The maximum Gasteiger partial charge on any atom is 0.306 e. The Balaban J connectivity index is 1.39. The molecule has 35 heavy (non-hydrogen) atoms. The van der Waals surface area contributed by atoms with E-state index in [0.717, 1.165) is 26.9 Å². The highest BCUT2D eigenvalue weighted by molar-refractivity contribution is 9.10. The molecule has 8 heteroatoms. The number of benzene rings is 3. The Morgan fingerprint density at radius 2 is 1.46 bits per heavy atom. The van der Waals surface area contributed by atoms with Gasteiger partial charge >= 0.3 is 5.97 Å². The topological polar surface area (TPSA) is 93.7 Å². The number of hydrogen-bond acceptors (Lipinski definition) is 5. The van der Waals surface area contributed by atoms with E-state index in [1.165, 1.54) is 0 Å². The summed E-state index contributed by atoms with van der Waals surface area (Å²) in [6.07, 6.45) is -0.197. The predicted molar refractivity (Wildman–Crippen MR) is 139 cm³/mol. The van der Waals surface area contributed by atoms with Gasteiger partial charge in [0.25, 0.3) is 5.91 Å². The molecule has 0 bridgehead atoms. The van der Waals surface area contributed by atoms with E-state index >= 15 is 0 Å². The second-order valence-corrected chi connectivity index (χ2v) is 9.08. The molecule has 0 heterocycles. The SMILES string of the molecule is Cc1cc(C)cc(Oc2ccc(NC(=O)CCC(=O)OCC(=O)Nc3ccc(Br)cc3C)cc2)c1. The third-order valence-corrected chi connectivity index (χ3v) is 5.45. The summed E-state index contributed by atoms with van der Waals surface area (Å²) < 4.78 is 11.7. The summed E-state index contributed by atoms with van der Waals surface area (Å²) >= 11 is 3.36. The first kappa shape index (κ1) is 26.0. The zero-order valence-electron chi connectivity index (χ0n) is 19.8. The Hall–Kier alpha value is -3.65. The number of esters is 1. The van der Waals surface area contributed by atoms with Gasteiger partial charge in [0.15, 0.2) is 6.61 Å². The summed E-state index contributed by atoms with van der Waals surface area (Å²) in [6, 6.07) is 18.4. The van der Waals surface area contributed by atoms with Crippen LogP contribution in [-0.2, 0) is 19.1 Å². The van der Waals surface area contributed by atoms with Crippen LogP contribution < -0.4 is 15.4 Å². The van der Waals surface area contributed by atoms with E-state index in [2.05, 4.69) is 32.6 Å². The Bertz CT molecular complexity index is 1200. The minimum Gasteiger partial charge on any atom is -0.457 e. The smallest absolute Gasteiger partial charge is 0.306 e. The van der Waals surface area contributed by atoms with Crippen molar-refractivity contribution in [2.24, 2.45) is 0 Å². The molecule has 7 nitrogen and oxygen atoms in total. The van der Waals surface area contributed by atoms with Crippen LogP contribution in [0.2, 0.25) is 0 Å². The molecule has 0 aliphatic rings. The second kappa shape index (κ2) is 12.2. The number of rotatable bonds is 9. The predicted octanol–water partition coefficient (Wildman–Crippen LogP) is 6.07. The van der Waals surface area contributed by atoms with E-state index in [1.54, 1.807) is 36.4 Å². The molecule has 0 aliphatic carbocycles. The Morgan fingerprint density at radius 3 is 2.11 bits per heavy atom. The van der Waals surface area contributed by atoms with Crippen molar-refractivity contribution < 1.29 is 23.9 Å². The zero-order chi connectivity index (χ0) is 25.4. The molecule has 3 rings (SSSR count). The highest BCUT2D eigenvalue weighted by Gasteiger charge is 2.12. The number of halogens is 1. The number of ether oxygens (including phenoxy) is 2. The molecule has 0 aliphatic heterocycles. The third kappa shape index (κ3) is 8.57. The van der Waals surface area contributed by atoms with Crippen molar-refractivity contribution in [3.63, 3.8) is 0 Å². The number of aryl methyl sites for hydroxylation is 3. The molecular formula is C27H27BrN2O5. The van der Waals surface area contributed by atoms with Crippen molar-refractivity contribution in [1.82, 2.24) is 0 Å². The van der Waals surface area contributed by atoms with Crippen molar-refractivity contribution in [1.29, 1.82) is 0 Å². The number of anilines is 2. The summed E-state index contributed by atoms with van der Waals surface area (Å²) in [6.45, 7) is 5.45. The molecule has 0 saturated heterocycles. The molecule has 2 amide bonds. The maximum atomic E-state index is 12.2. The average Bonchev–Trinajstić information content (AvgIpc) is 2.79. The largest absolute Gasteiger partial charge is 0.457 e. The lowest BCUT2D eigenvalue weighted by atomic mass is 10.1. The fraction of sp³-hybridized carbons (Fsp3) is 0.222. The highest BCUT2D eigenvalue weighted by Crippen LogP contribution is 2.25. The van der Waals surface area contributed by atoms with Gasteiger partial charge in [0.2, 0.25) is 5.91 Å². The Labute approximate surface area is 213 Å². The maximum absolute atomic E-state index is 12.2. The molecule has 182 valence electrons. The van der Waals surface area contributed by atoms with Gasteiger partial charge in [0, 0.05) is 22.3 Å². The molecule has 0 aromatic heterocycles. The van der Waals surface area contributed by atoms with Crippen molar-refractivity contribution >= 4 is 45.1 Å². The fourth-order valence-corrected chi connectivity index (χ4v) is 3.82. The van der Waals surface area contributed by atoms with Crippen LogP contribution in [0.4, 0.5) is 11.4 Å². The molecule has 0 unspecified atom stereocenters. The van der Waals surface area contributed by atoms with Gasteiger partial charge in [-0.1, -0.05) is 22.0 Å². The zero-order valence-corrected chi connectivity index (χ0v) is 21.4. The standard InChI is InChI=1S/C27H27BrN2O5/c1-17-12-18(2)14-23(13-17)35-22-7-5-21(6-8-22)29-25(31)10-11-27(33)34-16-26(32)30-24-9-4-20(28)15-19(24)3/h4-9,12-15H,10-11,16H2,1-3H3,(H,29,31)(H,30,32). The van der Waals surface area contributed by atoms with Crippen LogP contribution in [-0.4, -0.2) is 24.4 Å². The van der Waals surface area contributed by atoms with Crippen LogP contribution in [0.5, 0.6) is 11.5 Å². The Morgan fingerprint density at radius 1 is 0.771 bits per heavy atom. The lowest BCUT2D eigenvalue weighted by molar-refractivity contribution is -0.147. The van der Waals surface area contributed by atoms with E-state index in [0.29, 0.717) is 17.1 Å². The number of nitrogens with one attached hydrogen (secondary N) is 2. The molecule has 0 radical (unpaired) electrons. The first-order chi connectivity index (χ1) is 16.7. The highest BCUT2D eigenvalue weighted by atomic mass is 79.9. The summed E-state index contributed by atoms with van der Waals surface area (Å²) in [5.41, 5.74) is 4.32. The molecule has 0 saturated carbocycles. The van der Waals surface area contributed by atoms with E-state index in [9.17, 15) is 14.4 Å². The quantitative estimate of drug-likeness (QED) is 0.322. The number of carbonyl (C=O) groups is 3. The van der Waals surface area contributed by atoms with Crippen molar-refractivity contribution in [2.75, 3.05) is 17.2 Å². The second-order valence-electron chi connectivity index (χ2n) is 8.17. The normalized spacial score (nSPS) is 10.4. The van der Waals surface area contributed by atoms with Gasteiger partial charge in [0.1, 0.15) is 11.5 Å². The molecule has 0 spiro atoms. The molecular weight excluding hydrogens is 512 g/mol. The van der Waals surface area contributed by atoms with Gasteiger partial charge in [-0.05, 0) is 92.1 Å². The van der Waals surface area contributed by atoms with Gasteiger partial charge in [0.05, 0.1) is 6.42 Å². The van der Waals surface area contributed by atoms with E-state index in [-0.39, 0.29) is 18.7 Å². The summed E-state index contributed by atoms with van der Waals surface area (Å²) in [4.78, 5) is 36.1. The Kier molecular flexibility index (Phi) is 9.03. The first-order valence-corrected chi connectivity index (χ1v) is 11.8. The summed E-state index contributed by atoms with van der Waals surface area (Å²) in [5.74, 6) is -0.0112. The van der Waals surface area contributed by atoms with Gasteiger partial charge in [-0.2, -0.15) is 0 Å². The monoisotopic (exact) mass is 538 g/mol. The molecule has 3 aromatic rings. The van der Waals surface area contributed by atoms with Crippen molar-refractivity contribution in [3.8, 4) is 11.5 Å². The van der Waals surface area contributed by atoms with E-state index in [1.807, 2.05) is 39.0 Å². The first-order valence-electron chi connectivity index (χ1n) is 11.1. The van der Waals surface area contributed by atoms with E-state index < -0.39 is 18.5 Å². The average molecular weight is 539 g/mol. The molecule has 0 atom stereocenters. The van der Waals surface area contributed by atoms with Crippen molar-refractivity contribution in [3.05, 3.63) is 81.8 Å². The lowest BCUT2D eigenvalue weighted by Gasteiger charge is -2.10. The minimum absolute atomic E-state index is 0.0624. The van der Waals surface area contributed by atoms with Gasteiger partial charge in [-0.15, -0.1) is 0 Å². The summed E-state index contributed by atoms with van der Waals surface area (Å²) in [7, 11) is 0. The number of carbonyl (C=O) groups excluding carboxylic acids is 3. The fourth-order valence-electron chi connectivity index (χ4n) is 3.35. The van der Waals surface area contributed by atoms with Crippen LogP contribution >= 0.6 is 15.9 Å². The molecule has 0 fully saturated rings. The van der Waals surface area contributed by atoms with Crippen LogP contribution in [0.25, 0.3) is 0 Å². The molecule has 2 N–H and O–H groups in total. The molecule has 3 aromatic carbocycles. The number of amides is 2. The van der Waals surface area contributed by atoms with E-state index in [4.69, 9.17) is 9.47 Å². The van der Waals surface area contributed by atoms with Crippen LogP contribution in [0.3, 0.4) is 0 Å². The summed E-state index contributed by atoms with van der Waals surface area (Å²) in [5, 5.41) is 5.42. The van der Waals surface area contributed by atoms with Crippen LogP contribution in [0.1, 0.15) is 29.5 Å². The van der Waals surface area contributed by atoms with Gasteiger partial charge in [-0.3, -0.25) is 14.4 Å². The number of hydrogen-bond donors (Lipinski definition) is 2. The van der Waals surface area contributed by atoms with Crippen LogP contribution in [0, 0.1) is 20.8 Å². The third-order valence-electron chi connectivity index (χ3n) is 4.95. The van der Waals surface area contributed by atoms with Gasteiger partial charge in [-0.25, -0.2) is 0 Å². The minimum atomic E-state index is -0.625. The van der Waals surface area contributed by atoms with Gasteiger partial charge < -0.3 is 20.1 Å².